The molecule has 1 N–H and O–H groups in total. The van der Waals surface area contributed by atoms with Crippen LogP contribution in [0.4, 0.5) is 0 Å². The van der Waals surface area contributed by atoms with Gasteiger partial charge in [-0.05, 0) is 25.0 Å². The van der Waals surface area contributed by atoms with E-state index in [-0.39, 0.29) is 12.2 Å². The van der Waals surface area contributed by atoms with Crippen LogP contribution in [0.2, 0.25) is 0 Å². The number of carbonyl (C=O) groups excluding carboxylic acids is 1. The van der Waals surface area contributed by atoms with Crippen molar-refractivity contribution in [2.75, 3.05) is 20.8 Å². The quantitative estimate of drug-likeness (QED) is 0.835. The molecular weight excluding hydrogens is 262 g/mol. The van der Waals surface area contributed by atoms with Crippen LogP contribution in [0.1, 0.15) is 29.6 Å². The van der Waals surface area contributed by atoms with Gasteiger partial charge in [0.15, 0.2) is 6.29 Å². The molecule has 0 saturated carbocycles. The molecule has 1 aromatic carbocycles. The van der Waals surface area contributed by atoms with Crippen molar-refractivity contribution in [1.82, 2.24) is 5.48 Å². The van der Waals surface area contributed by atoms with Gasteiger partial charge in [-0.1, -0.05) is 0 Å². The SMILES string of the molecule is COc1cc(OC)cc(C(=O)NO[C@@H]2CCCCO2)c1. The number of hydrogen-bond donors (Lipinski definition) is 1. The maximum absolute atomic E-state index is 12.0. The second-order valence-electron chi connectivity index (χ2n) is 4.45. The van der Waals surface area contributed by atoms with Gasteiger partial charge in [-0.15, -0.1) is 0 Å². The van der Waals surface area contributed by atoms with Crippen LogP contribution in [0.15, 0.2) is 18.2 Å². The van der Waals surface area contributed by atoms with E-state index in [0.29, 0.717) is 23.7 Å². The number of methoxy groups -OCH3 is 2. The third-order valence-electron chi connectivity index (χ3n) is 3.03. The summed E-state index contributed by atoms with van der Waals surface area (Å²) in [6, 6.07) is 4.92. The lowest BCUT2D eigenvalue weighted by Gasteiger charge is -2.22. The number of ether oxygens (including phenoxy) is 3. The maximum Gasteiger partial charge on any atom is 0.275 e. The van der Waals surface area contributed by atoms with Crippen molar-refractivity contribution in [2.45, 2.75) is 25.6 Å². The minimum atomic E-state index is -0.375. The molecule has 20 heavy (non-hydrogen) atoms. The zero-order chi connectivity index (χ0) is 14.4. The molecule has 6 nitrogen and oxygen atoms in total. The maximum atomic E-state index is 12.0. The first-order valence-corrected chi connectivity index (χ1v) is 6.53. The Bertz CT molecular complexity index is 435. The van der Waals surface area contributed by atoms with E-state index < -0.39 is 0 Å². The van der Waals surface area contributed by atoms with Crippen LogP contribution in [-0.2, 0) is 9.57 Å². The molecule has 2 rings (SSSR count). The Kier molecular flexibility index (Phi) is 5.20. The highest BCUT2D eigenvalue weighted by atomic mass is 16.8. The summed E-state index contributed by atoms with van der Waals surface area (Å²) in [5.74, 6) is 0.725. The van der Waals surface area contributed by atoms with Gasteiger partial charge in [0.25, 0.3) is 5.91 Å². The third kappa shape index (κ3) is 3.85. The molecule has 0 bridgehead atoms. The predicted octanol–water partition coefficient (Wildman–Crippen LogP) is 1.89. The van der Waals surface area contributed by atoms with E-state index in [9.17, 15) is 4.79 Å². The molecule has 0 aliphatic carbocycles. The Labute approximate surface area is 117 Å². The number of rotatable bonds is 5. The summed E-state index contributed by atoms with van der Waals surface area (Å²) in [4.78, 5) is 17.3. The van der Waals surface area contributed by atoms with Gasteiger partial charge < -0.3 is 14.2 Å². The van der Waals surface area contributed by atoms with E-state index in [0.717, 1.165) is 19.3 Å². The normalized spacial score (nSPS) is 18.4. The van der Waals surface area contributed by atoms with Crippen molar-refractivity contribution < 1.29 is 23.8 Å². The number of nitrogens with one attached hydrogen (secondary N) is 1. The molecular formula is C14H19NO5. The van der Waals surface area contributed by atoms with Crippen molar-refractivity contribution in [3.63, 3.8) is 0 Å². The Morgan fingerprint density at radius 1 is 1.20 bits per heavy atom. The Balaban J connectivity index is 1.97. The smallest absolute Gasteiger partial charge is 0.275 e. The second-order valence-corrected chi connectivity index (χ2v) is 4.45. The Morgan fingerprint density at radius 3 is 2.45 bits per heavy atom. The van der Waals surface area contributed by atoms with E-state index >= 15 is 0 Å². The third-order valence-corrected chi connectivity index (χ3v) is 3.03. The summed E-state index contributed by atoms with van der Waals surface area (Å²) in [6.07, 6.45) is 2.47. The molecule has 0 aromatic heterocycles. The summed E-state index contributed by atoms with van der Waals surface area (Å²) in [6.45, 7) is 0.660. The van der Waals surface area contributed by atoms with Crippen LogP contribution in [0.3, 0.4) is 0 Å². The largest absolute Gasteiger partial charge is 0.497 e. The standard InChI is InChI=1S/C14H19NO5/c1-17-11-7-10(8-12(9-11)18-2)14(16)15-20-13-5-3-4-6-19-13/h7-9,13H,3-6H2,1-2H3,(H,15,16)/t13-/m1/s1. The monoisotopic (exact) mass is 281 g/mol. The van der Waals surface area contributed by atoms with E-state index in [4.69, 9.17) is 19.0 Å². The second kappa shape index (κ2) is 7.12. The topological polar surface area (TPSA) is 66.0 Å². The van der Waals surface area contributed by atoms with Crippen LogP contribution in [0, 0.1) is 0 Å². The zero-order valence-corrected chi connectivity index (χ0v) is 11.7. The molecule has 1 heterocycles. The van der Waals surface area contributed by atoms with E-state index in [1.165, 1.54) is 14.2 Å². The van der Waals surface area contributed by atoms with Crippen LogP contribution >= 0.6 is 0 Å². The molecule has 0 radical (unpaired) electrons. The Morgan fingerprint density at radius 2 is 1.90 bits per heavy atom. The lowest BCUT2D eigenvalue weighted by Crippen LogP contribution is -2.33. The van der Waals surface area contributed by atoms with Gasteiger partial charge in [-0.25, -0.2) is 10.3 Å². The van der Waals surface area contributed by atoms with Gasteiger partial charge in [-0.2, -0.15) is 0 Å². The Hall–Kier alpha value is -1.79. The lowest BCUT2D eigenvalue weighted by molar-refractivity contribution is -0.186. The number of hydroxylamine groups is 1. The highest BCUT2D eigenvalue weighted by Gasteiger charge is 2.17. The fraction of sp³-hybridized carbons (Fsp3) is 0.500. The summed E-state index contributed by atoms with van der Waals surface area (Å²) in [5.41, 5.74) is 2.80. The van der Waals surface area contributed by atoms with Gasteiger partial charge in [0.2, 0.25) is 0 Å². The summed E-state index contributed by atoms with van der Waals surface area (Å²) < 4.78 is 15.6. The molecule has 6 heteroatoms. The van der Waals surface area contributed by atoms with Crippen LogP contribution < -0.4 is 15.0 Å². The average molecular weight is 281 g/mol. The van der Waals surface area contributed by atoms with Crippen molar-refractivity contribution in [3.05, 3.63) is 23.8 Å². The van der Waals surface area contributed by atoms with Crippen LogP contribution in [0.25, 0.3) is 0 Å². The fourth-order valence-corrected chi connectivity index (χ4v) is 1.92. The molecule has 0 spiro atoms. The molecule has 1 amide bonds. The highest BCUT2D eigenvalue weighted by molar-refractivity contribution is 5.94. The predicted molar refractivity (Wildman–Crippen MR) is 71.7 cm³/mol. The molecule has 1 aliphatic rings. The minimum absolute atomic E-state index is 0.364. The van der Waals surface area contributed by atoms with Crippen molar-refractivity contribution in [1.29, 1.82) is 0 Å². The number of carbonyl (C=O) groups is 1. The summed E-state index contributed by atoms with van der Waals surface area (Å²) >= 11 is 0. The van der Waals surface area contributed by atoms with Gasteiger partial charge >= 0.3 is 0 Å². The van der Waals surface area contributed by atoms with Gasteiger partial charge in [0.05, 0.1) is 14.2 Å². The van der Waals surface area contributed by atoms with Crippen LogP contribution in [-0.4, -0.2) is 33.0 Å². The average Bonchev–Trinajstić information content (AvgIpc) is 2.52. The number of amides is 1. The minimum Gasteiger partial charge on any atom is -0.497 e. The zero-order valence-electron chi connectivity index (χ0n) is 11.7. The molecule has 1 aliphatic heterocycles. The fourth-order valence-electron chi connectivity index (χ4n) is 1.92. The molecule has 1 saturated heterocycles. The molecule has 0 unspecified atom stereocenters. The van der Waals surface area contributed by atoms with Crippen molar-refractivity contribution in [2.24, 2.45) is 0 Å². The van der Waals surface area contributed by atoms with Crippen molar-refractivity contribution in [3.8, 4) is 11.5 Å². The van der Waals surface area contributed by atoms with Gasteiger partial charge in [-0.3, -0.25) is 4.79 Å². The van der Waals surface area contributed by atoms with Gasteiger partial charge in [0, 0.05) is 24.7 Å². The number of benzene rings is 1. The van der Waals surface area contributed by atoms with E-state index in [1.54, 1.807) is 18.2 Å². The summed E-state index contributed by atoms with van der Waals surface area (Å²) in [5, 5.41) is 0. The first-order valence-electron chi connectivity index (χ1n) is 6.53. The number of hydrogen-bond acceptors (Lipinski definition) is 5. The molecule has 1 fully saturated rings. The van der Waals surface area contributed by atoms with E-state index in [1.807, 2.05) is 0 Å². The first-order chi connectivity index (χ1) is 9.72. The molecule has 110 valence electrons. The van der Waals surface area contributed by atoms with Crippen molar-refractivity contribution >= 4 is 5.91 Å². The van der Waals surface area contributed by atoms with Gasteiger partial charge in [0.1, 0.15) is 11.5 Å². The molecule has 1 aromatic rings. The first kappa shape index (κ1) is 14.6. The summed E-state index contributed by atoms with van der Waals surface area (Å²) in [7, 11) is 3.06. The highest BCUT2D eigenvalue weighted by Crippen LogP contribution is 2.22. The lowest BCUT2D eigenvalue weighted by atomic mass is 10.2. The van der Waals surface area contributed by atoms with E-state index in [2.05, 4.69) is 5.48 Å². The molecule has 1 atom stereocenters. The van der Waals surface area contributed by atoms with Crippen LogP contribution in [0.5, 0.6) is 11.5 Å².